The fourth-order valence-corrected chi connectivity index (χ4v) is 6.06. The highest BCUT2D eigenvalue weighted by molar-refractivity contribution is 5.98. The molecule has 0 unspecified atom stereocenters. The third-order valence-electron chi connectivity index (χ3n) is 7.73. The average molecular weight is 456 g/mol. The molecule has 0 saturated carbocycles. The number of piperidine rings is 1. The summed E-state index contributed by atoms with van der Waals surface area (Å²) in [7, 11) is 1.62. The molecule has 2 fully saturated rings. The van der Waals surface area contributed by atoms with E-state index >= 15 is 0 Å². The number of rotatable bonds is 7. The normalized spacial score (nSPS) is 24.5. The lowest BCUT2D eigenvalue weighted by Gasteiger charge is -2.35. The molecule has 180 valence electrons. The van der Waals surface area contributed by atoms with E-state index < -0.39 is 6.09 Å². The Morgan fingerprint density at radius 1 is 1.12 bits per heavy atom. The molecule has 1 aliphatic carbocycles. The van der Waals surface area contributed by atoms with Gasteiger partial charge in [-0.1, -0.05) is 32.0 Å². The van der Waals surface area contributed by atoms with Gasteiger partial charge in [0.05, 0.1) is 0 Å². The van der Waals surface area contributed by atoms with E-state index in [2.05, 4.69) is 23.1 Å². The van der Waals surface area contributed by atoms with Crippen molar-refractivity contribution in [2.75, 3.05) is 26.7 Å². The molecule has 7 nitrogen and oxygen atoms in total. The number of likely N-dealkylation sites (tertiary alicyclic amines) is 2. The lowest BCUT2D eigenvalue weighted by molar-refractivity contribution is -0.152. The van der Waals surface area contributed by atoms with Gasteiger partial charge in [0.25, 0.3) is 0 Å². The number of hydrogen-bond donors (Lipinski definition) is 1. The first-order valence-corrected chi connectivity index (χ1v) is 12.3. The Kier molecular flexibility index (Phi) is 6.80. The highest BCUT2D eigenvalue weighted by Gasteiger charge is 2.39. The minimum absolute atomic E-state index is 0.0225. The Morgan fingerprint density at radius 2 is 1.82 bits per heavy atom. The van der Waals surface area contributed by atoms with Crippen molar-refractivity contribution in [2.24, 2.45) is 5.41 Å². The third-order valence-corrected chi connectivity index (χ3v) is 7.73. The summed E-state index contributed by atoms with van der Waals surface area (Å²) in [5.41, 5.74) is 3.67. The van der Waals surface area contributed by atoms with Gasteiger partial charge in [0.2, 0.25) is 11.8 Å². The summed E-state index contributed by atoms with van der Waals surface area (Å²) in [5, 5.41) is 9.25. The van der Waals surface area contributed by atoms with Gasteiger partial charge in [-0.05, 0) is 67.3 Å². The molecule has 2 atom stereocenters. The second-order valence-electron chi connectivity index (χ2n) is 10.8. The van der Waals surface area contributed by atoms with Crippen molar-refractivity contribution >= 4 is 17.9 Å². The van der Waals surface area contributed by atoms with Crippen LogP contribution in [0, 0.1) is 5.41 Å². The van der Waals surface area contributed by atoms with Gasteiger partial charge < -0.3 is 10.0 Å². The number of benzene rings is 1. The van der Waals surface area contributed by atoms with Gasteiger partial charge in [-0.2, -0.15) is 0 Å². The zero-order valence-corrected chi connectivity index (χ0v) is 20.2. The monoisotopic (exact) mass is 455 g/mol. The number of fused-ring (bicyclic) bond motifs is 3. The summed E-state index contributed by atoms with van der Waals surface area (Å²) in [6.07, 6.45) is 5.08. The Bertz CT molecular complexity index is 908. The molecule has 7 heteroatoms. The molecule has 1 aromatic carbocycles. The van der Waals surface area contributed by atoms with Crippen molar-refractivity contribution in [1.29, 1.82) is 0 Å². The van der Waals surface area contributed by atoms with E-state index in [-0.39, 0.29) is 17.2 Å². The van der Waals surface area contributed by atoms with Crippen molar-refractivity contribution < 1.29 is 19.5 Å². The number of carboxylic acid groups (broad SMARTS) is 1. The highest BCUT2D eigenvalue weighted by atomic mass is 16.4. The SMILES string of the molecule is CN(Cc1cccc2c1CC[C@H]1[C@@H]2CCN1CCCCN1C(=O)CC(C)(C)CC1=O)C(=O)O. The van der Waals surface area contributed by atoms with E-state index in [1.807, 2.05) is 13.8 Å². The number of unbranched alkanes of at least 4 members (excludes halogenated alkanes) is 1. The zero-order valence-electron chi connectivity index (χ0n) is 20.2. The van der Waals surface area contributed by atoms with Crippen LogP contribution in [0.25, 0.3) is 0 Å². The van der Waals surface area contributed by atoms with Gasteiger partial charge in [-0.15, -0.1) is 0 Å². The van der Waals surface area contributed by atoms with Crippen LogP contribution in [0.15, 0.2) is 18.2 Å². The average Bonchev–Trinajstić information content (AvgIpc) is 3.15. The molecule has 0 bridgehead atoms. The van der Waals surface area contributed by atoms with Crippen molar-refractivity contribution in [1.82, 2.24) is 14.7 Å². The minimum atomic E-state index is -0.898. The van der Waals surface area contributed by atoms with Crippen LogP contribution >= 0.6 is 0 Å². The number of carbonyl (C=O) groups excluding carboxylic acids is 2. The van der Waals surface area contributed by atoms with E-state index in [1.165, 1.54) is 20.9 Å². The molecular formula is C26H37N3O4. The van der Waals surface area contributed by atoms with Gasteiger partial charge in [0.1, 0.15) is 0 Å². The number of carbonyl (C=O) groups is 3. The largest absolute Gasteiger partial charge is 0.465 e. The molecule has 2 aliphatic heterocycles. The summed E-state index contributed by atoms with van der Waals surface area (Å²) in [4.78, 5) is 41.4. The van der Waals surface area contributed by atoms with Gasteiger partial charge in [0, 0.05) is 44.9 Å². The Hall–Kier alpha value is -2.41. The third kappa shape index (κ3) is 5.08. The van der Waals surface area contributed by atoms with Crippen molar-refractivity contribution in [2.45, 2.75) is 77.3 Å². The zero-order chi connectivity index (χ0) is 23.8. The molecule has 0 aromatic heterocycles. The van der Waals surface area contributed by atoms with Crippen LogP contribution < -0.4 is 0 Å². The maximum absolute atomic E-state index is 12.4. The Balaban J connectivity index is 1.31. The smallest absolute Gasteiger partial charge is 0.407 e. The summed E-state index contributed by atoms with van der Waals surface area (Å²) < 4.78 is 0. The van der Waals surface area contributed by atoms with Gasteiger partial charge in [0.15, 0.2) is 0 Å². The van der Waals surface area contributed by atoms with E-state index in [0.717, 1.165) is 50.8 Å². The quantitative estimate of drug-likeness (QED) is 0.499. The van der Waals surface area contributed by atoms with Crippen LogP contribution in [0.5, 0.6) is 0 Å². The summed E-state index contributed by atoms with van der Waals surface area (Å²) >= 11 is 0. The van der Waals surface area contributed by atoms with Gasteiger partial charge in [-0.3, -0.25) is 19.4 Å². The van der Waals surface area contributed by atoms with Crippen molar-refractivity contribution in [3.63, 3.8) is 0 Å². The van der Waals surface area contributed by atoms with Crippen LogP contribution in [-0.2, 0) is 22.6 Å². The number of hydrogen-bond acceptors (Lipinski definition) is 4. The first-order chi connectivity index (χ1) is 15.7. The molecule has 33 heavy (non-hydrogen) atoms. The molecule has 0 radical (unpaired) electrons. The number of amides is 3. The van der Waals surface area contributed by atoms with Crippen molar-refractivity contribution in [3.05, 3.63) is 34.9 Å². The van der Waals surface area contributed by atoms with E-state index in [1.54, 1.807) is 7.05 Å². The fraction of sp³-hybridized carbons (Fsp3) is 0.654. The molecule has 4 rings (SSSR count). The second-order valence-corrected chi connectivity index (χ2v) is 10.8. The van der Waals surface area contributed by atoms with Crippen LogP contribution in [0.1, 0.15) is 75.0 Å². The molecule has 2 heterocycles. The fourth-order valence-electron chi connectivity index (χ4n) is 6.06. The predicted molar refractivity (Wildman–Crippen MR) is 126 cm³/mol. The second kappa shape index (κ2) is 9.45. The molecule has 3 aliphatic rings. The number of imide groups is 1. The first-order valence-electron chi connectivity index (χ1n) is 12.3. The first kappa shape index (κ1) is 23.7. The van der Waals surface area contributed by atoms with Crippen molar-refractivity contribution in [3.8, 4) is 0 Å². The lowest BCUT2D eigenvalue weighted by Crippen LogP contribution is -2.46. The maximum Gasteiger partial charge on any atom is 0.407 e. The van der Waals surface area contributed by atoms with Gasteiger partial charge >= 0.3 is 6.09 Å². The molecule has 3 amide bonds. The summed E-state index contributed by atoms with van der Waals surface area (Å²) in [6.45, 7) is 7.02. The summed E-state index contributed by atoms with van der Waals surface area (Å²) in [6, 6.07) is 6.90. The summed E-state index contributed by atoms with van der Waals surface area (Å²) in [5.74, 6) is 0.466. The van der Waals surface area contributed by atoms with Crippen LogP contribution in [0.2, 0.25) is 0 Å². The standard InChI is InChI=1S/C26H37N3O4/c1-26(2)15-23(30)29(24(31)16-26)13-5-4-12-28-14-11-21-20-8-6-7-18(17-27(3)25(32)33)19(20)9-10-22(21)28/h6-8,21-22H,4-5,9-17H2,1-3H3,(H,32,33)/t21-,22+/m1/s1. The van der Waals surface area contributed by atoms with Crippen LogP contribution in [-0.4, -0.2) is 70.4 Å². The molecular weight excluding hydrogens is 418 g/mol. The molecule has 0 spiro atoms. The topological polar surface area (TPSA) is 81.2 Å². The highest BCUT2D eigenvalue weighted by Crippen LogP contribution is 2.42. The van der Waals surface area contributed by atoms with E-state index in [4.69, 9.17) is 0 Å². The molecule has 1 aromatic rings. The Labute approximate surface area is 196 Å². The maximum atomic E-state index is 12.4. The van der Waals surface area contributed by atoms with Crippen LogP contribution in [0.3, 0.4) is 0 Å². The lowest BCUT2D eigenvalue weighted by atomic mass is 9.77. The molecule has 1 N–H and O–H groups in total. The molecule has 2 saturated heterocycles. The predicted octanol–water partition coefficient (Wildman–Crippen LogP) is 3.86. The Morgan fingerprint density at radius 3 is 2.52 bits per heavy atom. The number of nitrogens with zero attached hydrogens (tertiary/aromatic N) is 3. The van der Waals surface area contributed by atoms with Gasteiger partial charge in [-0.25, -0.2) is 4.79 Å². The van der Waals surface area contributed by atoms with E-state index in [9.17, 15) is 19.5 Å². The minimum Gasteiger partial charge on any atom is -0.465 e. The van der Waals surface area contributed by atoms with E-state index in [0.29, 0.717) is 37.9 Å². The van der Waals surface area contributed by atoms with Crippen LogP contribution in [0.4, 0.5) is 4.79 Å².